The molecule has 0 spiro atoms. The van der Waals surface area contributed by atoms with Crippen molar-refractivity contribution in [2.24, 2.45) is 0 Å². The van der Waals surface area contributed by atoms with Gasteiger partial charge in [-0.15, -0.1) is 0 Å². The van der Waals surface area contributed by atoms with Gasteiger partial charge in [-0.3, -0.25) is 14.4 Å². The second-order valence-electron chi connectivity index (χ2n) is 13.0. The van der Waals surface area contributed by atoms with Crippen LogP contribution in [-0.2, 0) is 23.9 Å². The molecule has 9 nitrogen and oxygen atoms in total. The topological polar surface area (TPSA) is 142 Å². The number of rotatable bonds is 34. The molecule has 0 saturated heterocycles. The van der Waals surface area contributed by atoms with Gasteiger partial charge in [-0.25, -0.2) is 4.79 Å². The van der Waals surface area contributed by atoms with Gasteiger partial charge in [0.05, 0.1) is 13.2 Å². The zero-order chi connectivity index (χ0) is 36.2. The van der Waals surface area contributed by atoms with Crippen LogP contribution in [0.2, 0.25) is 0 Å². The molecule has 0 saturated carbocycles. The number of aliphatic carboxylic acids is 1. The van der Waals surface area contributed by atoms with E-state index in [1.165, 1.54) is 70.6 Å². The second kappa shape index (κ2) is 34.9. The predicted octanol–water partition coefficient (Wildman–Crippen LogP) is 8.65. The average molecular weight is 691 g/mol. The van der Waals surface area contributed by atoms with Gasteiger partial charge in [0.2, 0.25) is 11.8 Å². The Balaban J connectivity index is 4.40. The Morgan fingerprint density at radius 3 is 1.76 bits per heavy atom. The minimum atomic E-state index is -1.39. The lowest BCUT2D eigenvalue weighted by Crippen LogP contribution is -2.47. The molecule has 0 aromatic heterocycles. The van der Waals surface area contributed by atoms with Crippen LogP contribution in [0, 0.1) is 0 Å². The first kappa shape index (κ1) is 46.1. The summed E-state index contributed by atoms with van der Waals surface area (Å²) in [4.78, 5) is 47.4. The lowest BCUT2D eigenvalue weighted by atomic mass is 10.1. The van der Waals surface area contributed by atoms with E-state index in [-0.39, 0.29) is 30.9 Å². The number of nitrogens with one attached hydrogen (secondary N) is 2. The lowest BCUT2D eigenvalue weighted by Gasteiger charge is -2.15. The molecular weight excluding hydrogens is 620 g/mol. The third-order valence-electron chi connectivity index (χ3n) is 8.34. The van der Waals surface area contributed by atoms with E-state index in [1.54, 1.807) is 0 Å². The molecule has 282 valence electrons. The third-order valence-corrected chi connectivity index (χ3v) is 8.34. The summed E-state index contributed by atoms with van der Waals surface area (Å²) in [5, 5.41) is 22.5. The van der Waals surface area contributed by atoms with Crippen molar-refractivity contribution in [3.05, 3.63) is 36.5 Å². The molecule has 0 aliphatic heterocycles. The number of carboxylic acid groups (broad SMARTS) is 1. The van der Waals surface area contributed by atoms with Gasteiger partial charge in [-0.1, -0.05) is 115 Å². The standard InChI is InChI=1S/C40H70N2O7/c1-3-5-7-9-11-13-14-15-16-18-20-22-28-32-39(46)49-35(29-25-21-19-17-12-10-8-6-4-2)30-26-23-24-27-31-37(44)41-33-38(45)42-36(34-43)40(47)48/h13-14,17,19,25,29,35-36,43H,3-12,15-16,18,20-24,26-28,30-34H2,1-2H3,(H,41,44)(H,42,45)(H,47,48)/b14-13-,19-17-,29-25-. The summed E-state index contributed by atoms with van der Waals surface area (Å²) in [5.74, 6) is -2.43. The van der Waals surface area contributed by atoms with Crippen LogP contribution in [-0.4, -0.2) is 59.3 Å². The van der Waals surface area contributed by atoms with E-state index in [1.807, 2.05) is 6.08 Å². The number of carbonyl (C=O) groups excluding carboxylic acids is 3. The third kappa shape index (κ3) is 32.0. The zero-order valence-electron chi connectivity index (χ0n) is 30.9. The monoisotopic (exact) mass is 691 g/mol. The van der Waals surface area contributed by atoms with Crippen molar-refractivity contribution in [3.63, 3.8) is 0 Å². The predicted molar refractivity (Wildman–Crippen MR) is 199 cm³/mol. The van der Waals surface area contributed by atoms with Gasteiger partial charge in [0.1, 0.15) is 12.1 Å². The van der Waals surface area contributed by atoms with Crippen LogP contribution in [0.15, 0.2) is 36.5 Å². The minimum Gasteiger partial charge on any atom is -0.480 e. The molecular formula is C40H70N2O7. The largest absolute Gasteiger partial charge is 0.480 e. The van der Waals surface area contributed by atoms with Crippen LogP contribution in [0.5, 0.6) is 0 Å². The van der Waals surface area contributed by atoms with Crippen LogP contribution in [0.4, 0.5) is 0 Å². The molecule has 9 heteroatoms. The van der Waals surface area contributed by atoms with Crippen molar-refractivity contribution >= 4 is 23.8 Å². The van der Waals surface area contributed by atoms with E-state index in [2.05, 4.69) is 54.9 Å². The van der Waals surface area contributed by atoms with E-state index in [9.17, 15) is 19.2 Å². The summed E-state index contributed by atoms with van der Waals surface area (Å²) >= 11 is 0. The van der Waals surface area contributed by atoms with E-state index in [0.29, 0.717) is 12.8 Å². The summed E-state index contributed by atoms with van der Waals surface area (Å²) in [5.41, 5.74) is 0. The van der Waals surface area contributed by atoms with Gasteiger partial charge in [-0.05, 0) is 76.7 Å². The van der Waals surface area contributed by atoms with E-state index in [4.69, 9.17) is 14.9 Å². The number of esters is 1. The number of carboxylic acids is 1. The highest BCUT2D eigenvalue weighted by atomic mass is 16.5. The van der Waals surface area contributed by atoms with Crippen molar-refractivity contribution < 1.29 is 34.1 Å². The molecule has 49 heavy (non-hydrogen) atoms. The highest BCUT2D eigenvalue weighted by molar-refractivity contribution is 5.87. The number of unbranched alkanes of at least 4 members (excludes halogenated alkanes) is 16. The van der Waals surface area contributed by atoms with Gasteiger partial charge in [-0.2, -0.15) is 0 Å². The molecule has 0 aliphatic rings. The zero-order valence-corrected chi connectivity index (χ0v) is 30.9. The molecule has 2 atom stereocenters. The normalized spacial score (nSPS) is 12.9. The number of aliphatic hydroxyl groups is 1. The first-order valence-corrected chi connectivity index (χ1v) is 19.4. The Hall–Kier alpha value is -2.94. The fraction of sp³-hybridized carbons (Fsp3) is 0.750. The molecule has 0 fully saturated rings. The fourth-order valence-corrected chi connectivity index (χ4v) is 5.30. The summed E-state index contributed by atoms with van der Waals surface area (Å²) < 4.78 is 5.87. The Morgan fingerprint density at radius 2 is 1.16 bits per heavy atom. The minimum absolute atomic E-state index is 0.138. The molecule has 0 aromatic rings. The van der Waals surface area contributed by atoms with Crippen molar-refractivity contribution in [2.45, 2.75) is 180 Å². The lowest BCUT2D eigenvalue weighted by molar-refractivity contribution is -0.147. The van der Waals surface area contributed by atoms with Crippen LogP contribution in [0.3, 0.4) is 0 Å². The molecule has 0 heterocycles. The number of hydrogen-bond donors (Lipinski definition) is 4. The van der Waals surface area contributed by atoms with Crippen LogP contribution in [0.1, 0.15) is 168 Å². The number of ether oxygens (including phenoxy) is 1. The number of hydrogen-bond acceptors (Lipinski definition) is 6. The highest BCUT2D eigenvalue weighted by Gasteiger charge is 2.18. The van der Waals surface area contributed by atoms with Crippen molar-refractivity contribution in [1.29, 1.82) is 0 Å². The maximum absolute atomic E-state index is 12.7. The first-order chi connectivity index (χ1) is 23.8. The molecule has 2 unspecified atom stereocenters. The summed E-state index contributed by atoms with van der Waals surface area (Å²) in [6.45, 7) is 3.39. The summed E-state index contributed by atoms with van der Waals surface area (Å²) in [6, 6.07) is -1.39. The van der Waals surface area contributed by atoms with Gasteiger partial charge in [0.25, 0.3) is 0 Å². The van der Waals surface area contributed by atoms with Crippen molar-refractivity contribution in [1.82, 2.24) is 10.6 Å². The molecule has 0 radical (unpaired) electrons. The van der Waals surface area contributed by atoms with Crippen molar-refractivity contribution in [2.75, 3.05) is 13.2 Å². The molecule has 0 aromatic carbocycles. The Labute approximate surface area is 297 Å². The fourth-order valence-electron chi connectivity index (χ4n) is 5.30. The van der Waals surface area contributed by atoms with Crippen LogP contribution >= 0.6 is 0 Å². The van der Waals surface area contributed by atoms with Gasteiger partial charge < -0.3 is 25.6 Å². The Bertz CT molecular complexity index is 932. The number of carbonyl (C=O) groups is 4. The molecule has 0 rings (SSSR count). The summed E-state index contributed by atoms with van der Waals surface area (Å²) in [6.07, 6.45) is 37.5. The number of aliphatic hydroxyl groups excluding tert-OH is 1. The van der Waals surface area contributed by atoms with Gasteiger partial charge in [0, 0.05) is 12.8 Å². The van der Waals surface area contributed by atoms with E-state index >= 15 is 0 Å². The second-order valence-corrected chi connectivity index (χ2v) is 13.0. The molecule has 2 amide bonds. The summed E-state index contributed by atoms with van der Waals surface area (Å²) in [7, 11) is 0. The number of amides is 2. The maximum atomic E-state index is 12.7. The smallest absolute Gasteiger partial charge is 0.328 e. The van der Waals surface area contributed by atoms with Crippen LogP contribution < -0.4 is 10.6 Å². The Kier molecular flexibility index (Phi) is 32.8. The molecule has 4 N–H and O–H groups in total. The van der Waals surface area contributed by atoms with E-state index < -0.39 is 24.5 Å². The van der Waals surface area contributed by atoms with E-state index in [0.717, 1.165) is 64.2 Å². The quantitative estimate of drug-likeness (QED) is 0.0301. The maximum Gasteiger partial charge on any atom is 0.328 e. The first-order valence-electron chi connectivity index (χ1n) is 19.4. The highest BCUT2D eigenvalue weighted by Crippen LogP contribution is 2.14. The van der Waals surface area contributed by atoms with Gasteiger partial charge >= 0.3 is 11.9 Å². The average Bonchev–Trinajstić information content (AvgIpc) is 3.08. The van der Waals surface area contributed by atoms with Crippen LogP contribution in [0.25, 0.3) is 0 Å². The number of allylic oxidation sites excluding steroid dienone is 5. The van der Waals surface area contributed by atoms with Gasteiger partial charge in [0.15, 0.2) is 0 Å². The SMILES string of the molecule is CCCCCC/C=C\C/C=C\C(CCCCCCC(=O)NCC(=O)NC(CO)C(=O)O)OC(=O)CCCCCCC/C=C\CCCCCC. The molecule has 0 bridgehead atoms. The Morgan fingerprint density at radius 1 is 0.633 bits per heavy atom. The molecule has 0 aliphatic carbocycles. The van der Waals surface area contributed by atoms with Crippen molar-refractivity contribution in [3.8, 4) is 0 Å².